The molecule has 0 aliphatic rings. The van der Waals surface area contributed by atoms with Gasteiger partial charge in [-0.2, -0.15) is 0 Å². The third-order valence-corrected chi connectivity index (χ3v) is 1.31. The molecule has 0 aliphatic carbocycles. The highest BCUT2D eigenvalue weighted by molar-refractivity contribution is 5.82. The molecule has 0 unspecified atom stereocenters. The Morgan fingerprint density at radius 2 is 2.29 bits per heavy atom. The van der Waals surface area contributed by atoms with E-state index in [1.165, 1.54) is 0 Å². The monoisotopic (exact) mass is 198 g/mol. The lowest BCUT2D eigenvalue weighted by Crippen LogP contribution is -2.23. The van der Waals surface area contributed by atoms with Gasteiger partial charge >= 0.3 is 6.09 Å². The van der Waals surface area contributed by atoms with Crippen molar-refractivity contribution in [1.29, 1.82) is 0 Å². The molecule has 76 valence electrons. The van der Waals surface area contributed by atoms with Crippen molar-refractivity contribution in [1.82, 2.24) is 15.2 Å². The fourth-order valence-corrected chi connectivity index (χ4v) is 0.765. The second-order valence-corrected chi connectivity index (χ2v) is 2.43. The van der Waals surface area contributed by atoms with Gasteiger partial charge in [0.2, 0.25) is 5.82 Å². The number of rotatable bonds is 2. The van der Waals surface area contributed by atoms with Crippen molar-refractivity contribution in [2.75, 3.05) is 11.9 Å². The zero-order valence-electron chi connectivity index (χ0n) is 7.83. The van der Waals surface area contributed by atoms with Crippen LogP contribution >= 0.6 is 0 Å². The van der Waals surface area contributed by atoms with Crippen LogP contribution in [0.4, 0.5) is 10.6 Å². The number of anilines is 1. The Hall–Kier alpha value is -1.92. The van der Waals surface area contributed by atoms with Crippen molar-refractivity contribution in [2.24, 2.45) is 0 Å². The minimum absolute atomic E-state index is 0.172. The van der Waals surface area contributed by atoms with Gasteiger partial charge < -0.3 is 9.72 Å². The maximum absolute atomic E-state index is 11.2. The fourth-order valence-electron chi connectivity index (χ4n) is 0.765. The predicted octanol–water partition coefficient (Wildman–Crippen LogP) is 0.0417. The highest BCUT2D eigenvalue weighted by Gasteiger charge is 2.07. The van der Waals surface area contributed by atoms with Crippen LogP contribution in [0.2, 0.25) is 0 Å². The van der Waals surface area contributed by atoms with Crippen LogP contribution in [0.15, 0.2) is 4.79 Å². The summed E-state index contributed by atoms with van der Waals surface area (Å²) in [5.41, 5.74) is -0.509. The Bertz CT molecular complexity index is 387. The van der Waals surface area contributed by atoms with E-state index < -0.39 is 11.7 Å². The van der Waals surface area contributed by atoms with E-state index in [0.717, 1.165) is 0 Å². The van der Waals surface area contributed by atoms with Crippen molar-refractivity contribution in [3.05, 3.63) is 16.2 Å². The third kappa shape index (κ3) is 2.54. The molecule has 7 heteroatoms. The number of H-pyrrole nitrogens is 1. The minimum Gasteiger partial charge on any atom is -0.450 e. The van der Waals surface area contributed by atoms with Crippen LogP contribution in [-0.4, -0.2) is 27.9 Å². The van der Waals surface area contributed by atoms with Crippen molar-refractivity contribution in [3.63, 3.8) is 0 Å². The average molecular weight is 198 g/mol. The first-order valence-electron chi connectivity index (χ1n) is 4.01. The van der Waals surface area contributed by atoms with Crippen LogP contribution in [0, 0.1) is 6.92 Å². The molecule has 1 aromatic rings. The van der Waals surface area contributed by atoms with E-state index in [1.54, 1.807) is 13.8 Å². The van der Waals surface area contributed by atoms with E-state index >= 15 is 0 Å². The van der Waals surface area contributed by atoms with Gasteiger partial charge in [-0.3, -0.25) is 10.1 Å². The van der Waals surface area contributed by atoms with Crippen molar-refractivity contribution < 1.29 is 9.53 Å². The molecule has 0 fully saturated rings. The molecule has 1 heterocycles. The smallest absolute Gasteiger partial charge is 0.412 e. The molecule has 14 heavy (non-hydrogen) atoms. The predicted molar refractivity (Wildman–Crippen MR) is 48.0 cm³/mol. The number of aromatic nitrogens is 3. The van der Waals surface area contributed by atoms with Gasteiger partial charge in [0.1, 0.15) is 5.82 Å². The Morgan fingerprint density at radius 3 is 2.86 bits per heavy atom. The van der Waals surface area contributed by atoms with Gasteiger partial charge in [-0.05, 0) is 13.8 Å². The SMILES string of the molecule is CCOC(=O)Nc1nnc(C)[nH]c1=O. The van der Waals surface area contributed by atoms with Gasteiger partial charge in [0, 0.05) is 0 Å². The quantitative estimate of drug-likeness (QED) is 0.699. The highest BCUT2D eigenvalue weighted by Crippen LogP contribution is 1.91. The van der Waals surface area contributed by atoms with Crippen molar-refractivity contribution in [3.8, 4) is 0 Å². The number of aromatic amines is 1. The maximum atomic E-state index is 11.2. The molecule has 0 spiro atoms. The van der Waals surface area contributed by atoms with Crippen LogP contribution in [0.5, 0.6) is 0 Å². The summed E-state index contributed by atoms with van der Waals surface area (Å²) < 4.78 is 4.56. The van der Waals surface area contributed by atoms with Crippen LogP contribution < -0.4 is 10.9 Å². The summed E-state index contributed by atoms with van der Waals surface area (Å²) in [5, 5.41) is 9.23. The molecule has 0 aromatic carbocycles. The second kappa shape index (κ2) is 4.35. The van der Waals surface area contributed by atoms with Gasteiger partial charge in [-0.15, -0.1) is 10.2 Å². The molecule has 0 saturated carbocycles. The summed E-state index contributed by atoms with van der Waals surface area (Å²) in [6.45, 7) is 3.47. The number of carbonyl (C=O) groups excluding carboxylic acids is 1. The number of ether oxygens (including phenoxy) is 1. The number of aryl methyl sites for hydroxylation is 1. The van der Waals surface area contributed by atoms with Gasteiger partial charge in [-0.25, -0.2) is 4.79 Å². The first kappa shape index (κ1) is 10.2. The molecule has 2 N–H and O–H groups in total. The number of carbonyl (C=O) groups is 1. The topological polar surface area (TPSA) is 97.0 Å². The molecule has 0 aliphatic heterocycles. The molecule has 1 aromatic heterocycles. The van der Waals surface area contributed by atoms with E-state index in [4.69, 9.17) is 0 Å². The molecular formula is C7H10N4O3. The van der Waals surface area contributed by atoms with Crippen LogP contribution in [0.1, 0.15) is 12.7 Å². The van der Waals surface area contributed by atoms with Gasteiger partial charge in [0.15, 0.2) is 0 Å². The molecule has 1 rings (SSSR count). The summed E-state index contributed by atoms with van der Waals surface area (Å²) in [7, 11) is 0. The molecular weight excluding hydrogens is 188 g/mol. The number of hydrogen-bond acceptors (Lipinski definition) is 5. The number of nitrogens with one attached hydrogen (secondary N) is 2. The van der Waals surface area contributed by atoms with Crippen LogP contribution in [0.25, 0.3) is 0 Å². The Balaban J connectivity index is 2.77. The van der Waals surface area contributed by atoms with Crippen molar-refractivity contribution in [2.45, 2.75) is 13.8 Å². The van der Waals surface area contributed by atoms with E-state index in [-0.39, 0.29) is 12.4 Å². The normalized spacial score (nSPS) is 9.57. The van der Waals surface area contributed by atoms with Gasteiger partial charge in [0.25, 0.3) is 5.56 Å². The largest absolute Gasteiger partial charge is 0.450 e. The van der Waals surface area contributed by atoms with Crippen molar-refractivity contribution >= 4 is 11.9 Å². The molecule has 1 amide bonds. The van der Waals surface area contributed by atoms with E-state index in [9.17, 15) is 9.59 Å². The van der Waals surface area contributed by atoms with Crippen LogP contribution in [0.3, 0.4) is 0 Å². The number of hydrogen-bond donors (Lipinski definition) is 2. The molecule has 0 radical (unpaired) electrons. The number of amides is 1. The fraction of sp³-hybridized carbons (Fsp3) is 0.429. The highest BCUT2D eigenvalue weighted by atomic mass is 16.5. The molecule has 7 nitrogen and oxygen atoms in total. The summed E-state index contributed by atoms with van der Waals surface area (Å²) in [6, 6.07) is 0. The Kier molecular flexibility index (Phi) is 3.16. The third-order valence-electron chi connectivity index (χ3n) is 1.31. The summed E-state index contributed by atoms with van der Waals surface area (Å²) in [5.74, 6) is 0.207. The summed E-state index contributed by atoms with van der Waals surface area (Å²) in [6.07, 6.45) is -0.726. The number of nitrogens with zero attached hydrogens (tertiary/aromatic N) is 2. The second-order valence-electron chi connectivity index (χ2n) is 2.43. The standard InChI is InChI=1S/C7H10N4O3/c1-3-14-7(13)9-5-6(12)8-4(2)10-11-5/h3H2,1-2H3,(H,8,10,12)(H,9,11,13). The van der Waals surface area contributed by atoms with Crippen LogP contribution in [-0.2, 0) is 4.74 Å². The van der Waals surface area contributed by atoms with E-state index in [1.807, 2.05) is 0 Å². The summed E-state index contributed by atoms with van der Waals surface area (Å²) in [4.78, 5) is 24.4. The summed E-state index contributed by atoms with van der Waals surface area (Å²) >= 11 is 0. The molecule has 0 saturated heterocycles. The minimum atomic E-state index is -0.726. The zero-order valence-corrected chi connectivity index (χ0v) is 7.83. The Labute approximate surface area is 79.5 Å². The zero-order chi connectivity index (χ0) is 10.6. The first-order valence-corrected chi connectivity index (χ1v) is 4.01. The van der Waals surface area contributed by atoms with Gasteiger partial charge in [-0.1, -0.05) is 0 Å². The Morgan fingerprint density at radius 1 is 1.57 bits per heavy atom. The lowest BCUT2D eigenvalue weighted by Gasteiger charge is -2.02. The first-order chi connectivity index (χ1) is 6.63. The van der Waals surface area contributed by atoms with Gasteiger partial charge in [0.05, 0.1) is 6.61 Å². The molecule has 0 bridgehead atoms. The van der Waals surface area contributed by atoms with E-state index in [0.29, 0.717) is 5.82 Å². The average Bonchev–Trinajstić information content (AvgIpc) is 2.10. The molecule has 0 atom stereocenters. The maximum Gasteiger partial charge on any atom is 0.412 e. The lowest BCUT2D eigenvalue weighted by molar-refractivity contribution is 0.167. The lowest BCUT2D eigenvalue weighted by atomic mass is 10.6. The van der Waals surface area contributed by atoms with E-state index in [2.05, 4.69) is 25.2 Å².